The molecule has 10 heteroatoms. The van der Waals surface area contributed by atoms with E-state index < -0.39 is 33.5 Å². The van der Waals surface area contributed by atoms with Gasteiger partial charge >= 0.3 is 6.09 Å². The van der Waals surface area contributed by atoms with Crippen LogP contribution in [0.5, 0.6) is 0 Å². The largest absolute Gasteiger partial charge is 0.441 e. The number of sulfonamides is 1. The molecule has 1 saturated carbocycles. The molecule has 7 nitrogen and oxygen atoms in total. The molecule has 0 radical (unpaired) electrons. The van der Waals surface area contributed by atoms with Gasteiger partial charge in [-0.25, -0.2) is 17.6 Å². The summed E-state index contributed by atoms with van der Waals surface area (Å²) in [6.07, 6.45) is 8.41. The Morgan fingerprint density at radius 1 is 0.902 bits per heavy atom. The number of nitrogens with zero attached hydrogens (tertiary/aromatic N) is 3. The van der Waals surface area contributed by atoms with Gasteiger partial charge in [0.05, 0.1) is 17.0 Å². The maximum atomic E-state index is 14.3. The zero-order valence-corrected chi connectivity index (χ0v) is 25.0. The monoisotopic (exact) mass is 603 g/mol. The van der Waals surface area contributed by atoms with Crippen molar-refractivity contribution in [2.24, 2.45) is 0 Å². The molecule has 0 aromatic heterocycles. The highest BCUT2D eigenvalue weighted by molar-refractivity contribution is 7.89. The molecule has 0 bridgehead atoms. The van der Waals surface area contributed by atoms with E-state index in [1.807, 2.05) is 0 Å². The molecule has 3 saturated heterocycles. The summed E-state index contributed by atoms with van der Waals surface area (Å²) in [5, 5.41) is 0.442. The van der Waals surface area contributed by atoms with Gasteiger partial charge in [0.2, 0.25) is 10.0 Å². The van der Waals surface area contributed by atoms with Crippen molar-refractivity contribution in [3.05, 3.63) is 64.9 Å². The van der Waals surface area contributed by atoms with E-state index in [0.717, 1.165) is 32.4 Å². The predicted molar refractivity (Wildman–Crippen MR) is 156 cm³/mol. The fourth-order valence-corrected chi connectivity index (χ4v) is 9.17. The second kappa shape index (κ2) is 11.8. The fourth-order valence-electron chi connectivity index (χ4n) is 7.12. The summed E-state index contributed by atoms with van der Waals surface area (Å²) in [7, 11) is -4.02. The first-order valence-electron chi connectivity index (χ1n) is 15.0. The second-order valence-electron chi connectivity index (χ2n) is 12.1. The van der Waals surface area contributed by atoms with Crippen LogP contribution in [0.4, 0.5) is 9.18 Å². The smallest absolute Gasteiger partial charge is 0.410 e. The Morgan fingerprint density at radius 2 is 1.61 bits per heavy atom. The molecule has 41 heavy (non-hydrogen) atoms. The maximum absolute atomic E-state index is 14.3. The van der Waals surface area contributed by atoms with Crippen molar-refractivity contribution < 1.29 is 22.3 Å². The first-order chi connectivity index (χ1) is 19.8. The minimum atomic E-state index is -4.02. The molecule has 3 heterocycles. The van der Waals surface area contributed by atoms with Crippen molar-refractivity contribution >= 4 is 27.7 Å². The highest BCUT2D eigenvalue weighted by atomic mass is 35.5. The third-order valence-corrected chi connectivity index (χ3v) is 11.6. The lowest BCUT2D eigenvalue weighted by molar-refractivity contribution is -0.0144. The first kappa shape index (κ1) is 28.9. The number of piperidine rings is 3. The standard InChI is InChI=1S/C31H39ClFN3O4S/c32-24-10-12-27(13-11-24)41(38,39)36-28(23-6-4-7-25(33)22-23)8-5-9-29(36)31(16-17-31)40-30(37)35-20-14-26(15-21-35)34-18-2-1-3-19-34/h4,6-7,10-13,22,26,28-29H,1-3,5,8-9,14-21H2/t28-,29+/m0/s1. The molecule has 0 N–H and O–H groups in total. The zero-order valence-electron chi connectivity index (χ0n) is 23.4. The zero-order chi connectivity index (χ0) is 28.6. The SMILES string of the molecule is O=C(OC1([C@H]2CCC[C@@H](c3cccc(F)c3)N2S(=O)(=O)c2ccc(Cl)cc2)CC1)N1CCC(N2CCCCC2)CC1. The van der Waals surface area contributed by atoms with E-state index >= 15 is 0 Å². The van der Waals surface area contributed by atoms with E-state index in [1.165, 1.54) is 47.8 Å². The van der Waals surface area contributed by atoms with Crippen molar-refractivity contribution in [1.82, 2.24) is 14.1 Å². The number of likely N-dealkylation sites (tertiary alicyclic amines) is 2. The van der Waals surface area contributed by atoms with Crippen molar-refractivity contribution in [2.45, 2.75) is 92.8 Å². The number of benzene rings is 2. The number of ether oxygens (including phenoxy) is 1. The number of hydrogen-bond donors (Lipinski definition) is 0. The topological polar surface area (TPSA) is 70.2 Å². The van der Waals surface area contributed by atoms with Gasteiger partial charge in [-0.15, -0.1) is 0 Å². The molecule has 6 rings (SSSR count). The molecule has 4 aliphatic rings. The van der Waals surface area contributed by atoms with E-state index in [1.54, 1.807) is 29.2 Å². The maximum Gasteiger partial charge on any atom is 0.410 e. The molecular formula is C31H39ClFN3O4S. The van der Waals surface area contributed by atoms with E-state index in [-0.39, 0.29) is 11.0 Å². The van der Waals surface area contributed by atoms with Crippen molar-refractivity contribution in [2.75, 3.05) is 26.2 Å². The van der Waals surface area contributed by atoms with Crippen LogP contribution in [0.3, 0.4) is 0 Å². The lowest BCUT2D eigenvalue weighted by Gasteiger charge is -2.45. The number of carbonyl (C=O) groups excluding carboxylic acids is 1. The molecule has 0 spiro atoms. The van der Waals surface area contributed by atoms with Gasteiger partial charge < -0.3 is 14.5 Å². The Hall–Kier alpha value is -2.20. The lowest BCUT2D eigenvalue weighted by Crippen LogP contribution is -2.55. The molecule has 1 aliphatic carbocycles. The third-order valence-electron chi connectivity index (χ3n) is 9.46. The van der Waals surface area contributed by atoms with Crippen molar-refractivity contribution in [3.63, 3.8) is 0 Å². The van der Waals surface area contributed by atoms with Gasteiger partial charge in [-0.2, -0.15) is 4.31 Å². The molecule has 222 valence electrons. The number of amides is 1. The van der Waals surface area contributed by atoms with Crippen LogP contribution < -0.4 is 0 Å². The van der Waals surface area contributed by atoms with Gasteiger partial charge in [-0.1, -0.05) is 30.2 Å². The fraction of sp³-hybridized carbons (Fsp3) is 0.581. The average Bonchev–Trinajstić information content (AvgIpc) is 3.78. The van der Waals surface area contributed by atoms with E-state index in [4.69, 9.17) is 16.3 Å². The first-order valence-corrected chi connectivity index (χ1v) is 16.9. The molecule has 2 atom stereocenters. The average molecular weight is 604 g/mol. The van der Waals surface area contributed by atoms with Gasteiger partial charge in [0.15, 0.2) is 0 Å². The second-order valence-corrected chi connectivity index (χ2v) is 14.3. The lowest BCUT2D eigenvalue weighted by atomic mass is 9.90. The van der Waals surface area contributed by atoms with Gasteiger partial charge in [-0.05, 0) is 113 Å². The number of hydrogen-bond acceptors (Lipinski definition) is 5. The summed E-state index contributed by atoms with van der Waals surface area (Å²) in [4.78, 5) is 18.0. The van der Waals surface area contributed by atoms with Crippen LogP contribution in [0.2, 0.25) is 5.02 Å². The van der Waals surface area contributed by atoms with E-state index in [9.17, 15) is 17.6 Å². The molecule has 0 unspecified atom stereocenters. The summed E-state index contributed by atoms with van der Waals surface area (Å²) in [5.41, 5.74) is -0.277. The third kappa shape index (κ3) is 6.01. The highest BCUT2D eigenvalue weighted by Gasteiger charge is 2.60. The van der Waals surface area contributed by atoms with Crippen LogP contribution in [-0.4, -0.2) is 72.5 Å². The highest BCUT2D eigenvalue weighted by Crippen LogP contribution is 2.52. The molecule has 4 fully saturated rings. The quantitative estimate of drug-likeness (QED) is 0.383. The van der Waals surface area contributed by atoms with Crippen molar-refractivity contribution in [1.29, 1.82) is 0 Å². The molecule has 2 aromatic rings. The summed E-state index contributed by atoms with van der Waals surface area (Å²) in [5.74, 6) is -0.408. The molecular weight excluding hydrogens is 565 g/mol. The summed E-state index contributed by atoms with van der Waals surface area (Å²) >= 11 is 6.07. The number of rotatable bonds is 6. The number of carbonyl (C=O) groups is 1. The Kier molecular flexibility index (Phi) is 8.33. The summed E-state index contributed by atoms with van der Waals surface area (Å²) < 4.78 is 50.6. The van der Waals surface area contributed by atoms with Crippen LogP contribution in [0.25, 0.3) is 0 Å². The summed E-state index contributed by atoms with van der Waals surface area (Å²) in [6.45, 7) is 3.59. The van der Waals surface area contributed by atoms with Crippen LogP contribution in [-0.2, 0) is 14.8 Å². The van der Waals surface area contributed by atoms with Crippen LogP contribution in [0.1, 0.15) is 75.8 Å². The van der Waals surface area contributed by atoms with Gasteiger partial charge in [0.25, 0.3) is 0 Å². The Bertz CT molecular complexity index is 1340. The van der Waals surface area contributed by atoms with Crippen LogP contribution in [0, 0.1) is 5.82 Å². The van der Waals surface area contributed by atoms with Crippen molar-refractivity contribution in [3.8, 4) is 0 Å². The van der Waals surface area contributed by atoms with E-state index in [2.05, 4.69) is 4.90 Å². The molecule has 2 aromatic carbocycles. The molecule has 1 amide bonds. The minimum absolute atomic E-state index is 0.122. The normalized spacial score (nSPS) is 26.0. The minimum Gasteiger partial charge on any atom is -0.441 e. The van der Waals surface area contributed by atoms with Gasteiger partial charge in [-0.3, -0.25) is 0 Å². The van der Waals surface area contributed by atoms with Crippen LogP contribution >= 0.6 is 11.6 Å². The summed E-state index contributed by atoms with van der Waals surface area (Å²) in [6, 6.07) is 11.7. The van der Waals surface area contributed by atoms with Gasteiger partial charge in [0, 0.05) is 24.2 Å². The predicted octanol–water partition coefficient (Wildman–Crippen LogP) is 6.38. The molecule has 3 aliphatic heterocycles. The van der Waals surface area contributed by atoms with Gasteiger partial charge in [0.1, 0.15) is 11.4 Å². The number of halogens is 2. The van der Waals surface area contributed by atoms with E-state index in [0.29, 0.717) is 55.4 Å². The Labute approximate surface area is 247 Å². The Morgan fingerprint density at radius 3 is 2.27 bits per heavy atom. The Balaban J connectivity index is 1.24. The van der Waals surface area contributed by atoms with Crippen LogP contribution in [0.15, 0.2) is 53.4 Å².